The number of aromatic nitrogens is 3. The smallest absolute Gasteiger partial charge is 0.323 e. The molecule has 0 unspecified atom stereocenters. The zero-order valence-electron chi connectivity index (χ0n) is 12.0. The van der Waals surface area contributed by atoms with Crippen LogP contribution in [0.5, 0.6) is 6.01 Å². The Bertz CT molecular complexity index is 497. The van der Waals surface area contributed by atoms with E-state index in [1.54, 1.807) is 6.92 Å². The highest BCUT2D eigenvalue weighted by atomic mass is 32.2. The summed E-state index contributed by atoms with van der Waals surface area (Å²) in [4.78, 5) is 12.3. The van der Waals surface area contributed by atoms with Crippen molar-refractivity contribution in [2.75, 3.05) is 41.8 Å². The molecule has 0 radical (unpaired) electrons. The minimum atomic E-state index is -3.01. The maximum atomic E-state index is 11.4. The second-order valence-corrected chi connectivity index (χ2v) is 6.36. The van der Waals surface area contributed by atoms with Crippen LogP contribution in [0, 0.1) is 0 Å². The quantitative estimate of drug-likeness (QED) is 0.681. The van der Waals surface area contributed by atoms with E-state index < -0.39 is 9.84 Å². The van der Waals surface area contributed by atoms with Gasteiger partial charge in [-0.25, -0.2) is 8.42 Å². The van der Waals surface area contributed by atoms with Crippen LogP contribution in [0.4, 0.5) is 11.9 Å². The highest BCUT2D eigenvalue weighted by Gasteiger charge is 2.09. The second kappa shape index (κ2) is 7.83. The van der Waals surface area contributed by atoms with Crippen molar-refractivity contribution >= 4 is 21.7 Å². The third-order valence-electron chi connectivity index (χ3n) is 2.36. The molecule has 1 aromatic heterocycles. The zero-order valence-corrected chi connectivity index (χ0v) is 12.8. The molecule has 0 saturated heterocycles. The molecule has 20 heavy (non-hydrogen) atoms. The summed E-state index contributed by atoms with van der Waals surface area (Å²) in [6.07, 6.45) is 0. The minimum absolute atomic E-state index is 0.0374. The van der Waals surface area contributed by atoms with Gasteiger partial charge in [-0.15, -0.1) is 0 Å². The Morgan fingerprint density at radius 3 is 2.25 bits per heavy atom. The molecule has 0 saturated carbocycles. The van der Waals surface area contributed by atoms with Crippen molar-refractivity contribution in [2.45, 2.75) is 20.8 Å². The first-order valence-corrected chi connectivity index (χ1v) is 8.39. The molecule has 0 fully saturated rings. The summed E-state index contributed by atoms with van der Waals surface area (Å²) < 4.78 is 28.0. The number of hydrogen-bond acceptors (Lipinski definition) is 8. The fourth-order valence-electron chi connectivity index (χ4n) is 1.33. The molecule has 8 nitrogen and oxygen atoms in total. The summed E-state index contributed by atoms with van der Waals surface area (Å²) >= 11 is 0. The second-order valence-electron chi connectivity index (χ2n) is 3.89. The molecule has 0 amide bonds. The molecule has 1 aromatic rings. The van der Waals surface area contributed by atoms with Crippen LogP contribution in [-0.2, 0) is 9.84 Å². The van der Waals surface area contributed by atoms with E-state index in [9.17, 15) is 8.42 Å². The minimum Gasteiger partial charge on any atom is -0.464 e. The van der Waals surface area contributed by atoms with E-state index in [1.165, 1.54) is 0 Å². The molecule has 0 bridgehead atoms. The van der Waals surface area contributed by atoms with Crippen molar-refractivity contribution in [3.8, 4) is 6.01 Å². The summed E-state index contributed by atoms with van der Waals surface area (Å²) in [6, 6.07) is 0.208. The van der Waals surface area contributed by atoms with Crippen LogP contribution in [-0.4, -0.2) is 54.6 Å². The molecule has 114 valence electrons. The lowest BCUT2D eigenvalue weighted by molar-refractivity contribution is 0.312. The Kier molecular flexibility index (Phi) is 6.43. The first kappa shape index (κ1) is 16.4. The lowest BCUT2D eigenvalue weighted by atomic mass is 10.7. The zero-order chi connectivity index (χ0) is 15.0. The van der Waals surface area contributed by atoms with Gasteiger partial charge in [-0.2, -0.15) is 15.0 Å². The number of anilines is 2. The summed E-state index contributed by atoms with van der Waals surface area (Å²) in [7, 11) is -3.01. The predicted octanol–water partition coefficient (Wildman–Crippen LogP) is 0.549. The average Bonchev–Trinajstić information content (AvgIpc) is 2.39. The number of nitrogens with zero attached hydrogens (tertiary/aromatic N) is 3. The SMILES string of the molecule is CCNc1nc(NCCS(=O)(=O)CC)nc(OCC)n1. The van der Waals surface area contributed by atoms with Crippen LogP contribution in [0.3, 0.4) is 0 Å². The number of sulfone groups is 1. The fourth-order valence-corrected chi connectivity index (χ4v) is 2.03. The maximum absolute atomic E-state index is 11.4. The summed E-state index contributed by atoms with van der Waals surface area (Å²) in [5.74, 6) is 0.853. The molecular weight excluding hydrogens is 282 g/mol. The molecule has 0 aliphatic rings. The van der Waals surface area contributed by atoms with Gasteiger partial charge in [0, 0.05) is 18.8 Å². The lowest BCUT2D eigenvalue weighted by Gasteiger charge is -2.09. The van der Waals surface area contributed by atoms with Crippen molar-refractivity contribution in [1.82, 2.24) is 15.0 Å². The molecule has 1 heterocycles. The molecule has 0 aliphatic heterocycles. The molecule has 0 aliphatic carbocycles. The van der Waals surface area contributed by atoms with Gasteiger partial charge in [0.2, 0.25) is 11.9 Å². The largest absolute Gasteiger partial charge is 0.464 e. The number of hydrogen-bond donors (Lipinski definition) is 2. The number of ether oxygens (including phenoxy) is 1. The van der Waals surface area contributed by atoms with Crippen molar-refractivity contribution in [1.29, 1.82) is 0 Å². The Balaban J connectivity index is 2.72. The van der Waals surface area contributed by atoms with Crippen molar-refractivity contribution in [3.63, 3.8) is 0 Å². The van der Waals surface area contributed by atoms with Crippen molar-refractivity contribution < 1.29 is 13.2 Å². The van der Waals surface area contributed by atoms with Gasteiger partial charge in [-0.1, -0.05) is 6.92 Å². The molecule has 9 heteroatoms. The van der Waals surface area contributed by atoms with Gasteiger partial charge in [0.15, 0.2) is 9.84 Å². The number of nitrogens with one attached hydrogen (secondary N) is 2. The molecular formula is C11H21N5O3S. The van der Waals surface area contributed by atoms with E-state index in [0.717, 1.165) is 0 Å². The molecule has 0 aromatic carbocycles. The third-order valence-corrected chi connectivity index (χ3v) is 4.07. The van der Waals surface area contributed by atoms with Crippen LogP contribution in [0.15, 0.2) is 0 Å². The predicted molar refractivity (Wildman–Crippen MR) is 78.0 cm³/mol. The van der Waals surface area contributed by atoms with E-state index >= 15 is 0 Å². The molecule has 0 spiro atoms. The maximum Gasteiger partial charge on any atom is 0.323 e. The van der Waals surface area contributed by atoms with Crippen LogP contribution < -0.4 is 15.4 Å². The summed E-state index contributed by atoms with van der Waals surface area (Å²) in [6.45, 7) is 6.73. The van der Waals surface area contributed by atoms with Gasteiger partial charge >= 0.3 is 6.01 Å². The fraction of sp³-hybridized carbons (Fsp3) is 0.727. The Morgan fingerprint density at radius 2 is 1.70 bits per heavy atom. The standard InChI is InChI=1S/C11H21N5O3S/c1-4-12-9-14-10(16-11(15-9)19-5-2)13-7-8-20(17,18)6-3/h4-8H2,1-3H3,(H2,12,13,14,15,16). The van der Waals surface area contributed by atoms with Gasteiger partial charge < -0.3 is 15.4 Å². The molecule has 0 atom stereocenters. The van der Waals surface area contributed by atoms with Crippen LogP contribution >= 0.6 is 0 Å². The monoisotopic (exact) mass is 303 g/mol. The van der Waals surface area contributed by atoms with E-state index in [4.69, 9.17) is 4.74 Å². The van der Waals surface area contributed by atoms with Crippen LogP contribution in [0.2, 0.25) is 0 Å². The van der Waals surface area contributed by atoms with Crippen molar-refractivity contribution in [2.24, 2.45) is 0 Å². The Morgan fingerprint density at radius 1 is 1.05 bits per heavy atom. The third kappa shape index (κ3) is 5.55. The van der Waals surface area contributed by atoms with Gasteiger partial charge in [-0.05, 0) is 13.8 Å². The van der Waals surface area contributed by atoms with E-state index in [-0.39, 0.29) is 24.1 Å². The molecule has 2 N–H and O–H groups in total. The summed E-state index contributed by atoms with van der Waals surface area (Å²) in [5.41, 5.74) is 0. The van der Waals surface area contributed by atoms with E-state index in [0.29, 0.717) is 25.0 Å². The molecule has 1 rings (SSSR count). The Hall–Kier alpha value is -1.64. The highest BCUT2D eigenvalue weighted by Crippen LogP contribution is 2.10. The first-order valence-electron chi connectivity index (χ1n) is 6.57. The van der Waals surface area contributed by atoms with Gasteiger partial charge in [0.25, 0.3) is 0 Å². The van der Waals surface area contributed by atoms with Gasteiger partial charge in [0.1, 0.15) is 0 Å². The van der Waals surface area contributed by atoms with Gasteiger partial charge in [0.05, 0.1) is 12.4 Å². The first-order chi connectivity index (χ1) is 9.50. The average molecular weight is 303 g/mol. The number of rotatable bonds is 9. The Labute approximate surface area is 119 Å². The van der Waals surface area contributed by atoms with E-state index in [1.807, 2.05) is 13.8 Å². The van der Waals surface area contributed by atoms with Crippen molar-refractivity contribution in [3.05, 3.63) is 0 Å². The van der Waals surface area contributed by atoms with E-state index in [2.05, 4.69) is 25.6 Å². The van der Waals surface area contributed by atoms with Gasteiger partial charge in [-0.3, -0.25) is 0 Å². The normalized spacial score (nSPS) is 11.2. The summed E-state index contributed by atoms with van der Waals surface area (Å²) in [5, 5.41) is 5.84. The van der Waals surface area contributed by atoms with Crippen LogP contribution in [0.25, 0.3) is 0 Å². The topological polar surface area (TPSA) is 106 Å². The lowest BCUT2D eigenvalue weighted by Crippen LogP contribution is -2.19. The van der Waals surface area contributed by atoms with Crippen LogP contribution in [0.1, 0.15) is 20.8 Å². The highest BCUT2D eigenvalue weighted by molar-refractivity contribution is 7.91.